The van der Waals surface area contributed by atoms with Crippen molar-refractivity contribution >= 4 is 34.6 Å². The molecule has 0 spiro atoms. The predicted molar refractivity (Wildman–Crippen MR) is 143 cm³/mol. The van der Waals surface area contributed by atoms with E-state index in [-0.39, 0.29) is 17.9 Å². The van der Waals surface area contributed by atoms with Crippen LogP contribution < -0.4 is 5.56 Å². The maximum atomic E-state index is 13.2. The fourth-order valence-electron chi connectivity index (χ4n) is 4.45. The molecule has 2 heterocycles. The van der Waals surface area contributed by atoms with Crippen molar-refractivity contribution < 1.29 is 4.79 Å². The predicted octanol–water partition coefficient (Wildman–Crippen LogP) is 4.50. The van der Waals surface area contributed by atoms with Gasteiger partial charge in [-0.1, -0.05) is 67.9 Å². The van der Waals surface area contributed by atoms with E-state index in [1.807, 2.05) is 29.2 Å². The van der Waals surface area contributed by atoms with E-state index in [4.69, 9.17) is 11.6 Å². The van der Waals surface area contributed by atoms with Gasteiger partial charge in [0, 0.05) is 57.1 Å². The first-order chi connectivity index (χ1) is 16.9. The van der Waals surface area contributed by atoms with Crippen LogP contribution in [-0.2, 0) is 17.8 Å². The maximum absolute atomic E-state index is 13.2. The van der Waals surface area contributed by atoms with Crippen LogP contribution in [0.15, 0.2) is 59.4 Å². The van der Waals surface area contributed by atoms with Crippen LogP contribution in [0.25, 0.3) is 17.1 Å². The molecule has 0 bridgehead atoms. The minimum absolute atomic E-state index is 0.0762. The minimum atomic E-state index is -0.114. The number of fused-ring (bicyclic) bond motifs is 1. The topological polar surface area (TPSA) is 58.4 Å². The number of carbonyl (C=O) groups is 1. The summed E-state index contributed by atoms with van der Waals surface area (Å²) < 4.78 is 1.77. The van der Waals surface area contributed by atoms with E-state index < -0.39 is 0 Å². The molecule has 0 atom stereocenters. The number of rotatable bonds is 8. The zero-order valence-electron chi connectivity index (χ0n) is 20.5. The van der Waals surface area contributed by atoms with Crippen LogP contribution in [0, 0.1) is 5.92 Å². The van der Waals surface area contributed by atoms with Crippen molar-refractivity contribution in [2.45, 2.75) is 33.2 Å². The van der Waals surface area contributed by atoms with Gasteiger partial charge in [-0.05, 0) is 29.7 Å². The lowest BCUT2D eigenvalue weighted by Gasteiger charge is -2.34. The number of aromatic nitrogens is 2. The van der Waals surface area contributed by atoms with Gasteiger partial charge >= 0.3 is 0 Å². The summed E-state index contributed by atoms with van der Waals surface area (Å²) in [6.07, 6.45) is 4.92. The summed E-state index contributed by atoms with van der Waals surface area (Å²) in [5.41, 5.74) is 2.98. The molecule has 0 N–H and O–H groups in total. The number of carbonyl (C=O) groups excluding carboxylic acids is 1. The molecular weight excluding hydrogens is 460 g/mol. The van der Waals surface area contributed by atoms with Crippen molar-refractivity contribution in [3.63, 3.8) is 0 Å². The van der Waals surface area contributed by atoms with E-state index in [1.165, 1.54) is 5.56 Å². The van der Waals surface area contributed by atoms with E-state index in [0.29, 0.717) is 48.2 Å². The Labute approximate surface area is 211 Å². The zero-order chi connectivity index (χ0) is 24.8. The molecule has 0 aliphatic carbocycles. The first kappa shape index (κ1) is 25.1. The Morgan fingerprint density at radius 3 is 2.54 bits per heavy atom. The summed E-state index contributed by atoms with van der Waals surface area (Å²) in [5.74, 6) is 0.384. The molecule has 1 aromatic heterocycles. The fraction of sp³-hybridized carbons (Fsp3) is 0.393. The summed E-state index contributed by atoms with van der Waals surface area (Å²) in [7, 11) is 0. The number of hydrogen-bond acceptors (Lipinski definition) is 4. The van der Waals surface area contributed by atoms with E-state index in [9.17, 15) is 9.59 Å². The van der Waals surface area contributed by atoms with Crippen molar-refractivity contribution in [1.29, 1.82) is 0 Å². The first-order valence-corrected chi connectivity index (χ1v) is 12.7. The highest BCUT2D eigenvalue weighted by Crippen LogP contribution is 2.18. The number of nitrogens with zero attached hydrogens (tertiary/aromatic N) is 4. The Balaban J connectivity index is 1.35. The highest BCUT2D eigenvalue weighted by Gasteiger charge is 2.21. The molecule has 1 saturated heterocycles. The van der Waals surface area contributed by atoms with Gasteiger partial charge in [0.05, 0.1) is 11.0 Å². The number of halogens is 1. The Bertz CT molecular complexity index is 1250. The van der Waals surface area contributed by atoms with Gasteiger partial charge in [-0.2, -0.15) is 0 Å². The highest BCUT2D eigenvalue weighted by atomic mass is 35.5. The SMILES string of the molecule is CC(C)Cn1c(=O)c(CCC(=O)N2CCN(CC=Cc3ccccc3)CC2)nc2cc(Cl)ccc21. The summed E-state index contributed by atoms with van der Waals surface area (Å²) in [6.45, 7) is 8.73. The van der Waals surface area contributed by atoms with Crippen molar-refractivity contribution in [3.8, 4) is 0 Å². The molecule has 1 fully saturated rings. The molecule has 2 aromatic carbocycles. The third-order valence-corrected chi connectivity index (χ3v) is 6.53. The molecule has 0 unspecified atom stereocenters. The molecule has 3 aromatic rings. The van der Waals surface area contributed by atoms with Crippen molar-refractivity contribution in [3.05, 3.63) is 81.2 Å². The Kier molecular flexibility index (Phi) is 8.37. The smallest absolute Gasteiger partial charge is 0.272 e. The lowest BCUT2D eigenvalue weighted by molar-refractivity contribution is -0.132. The van der Waals surface area contributed by atoms with E-state index in [1.54, 1.807) is 16.7 Å². The maximum Gasteiger partial charge on any atom is 0.272 e. The minimum Gasteiger partial charge on any atom is -0.340 e. The number of piperazine rings is 1. The van der Waals surface area contributed by atoms with Crippen LogP contribution >= 0.6 is 11.6 Å². The Morgan fingerprint density at radius 1 is 1.09 bits per heavy atom. The number of aryl methyl sites for hydroxylation is 1. The largest absolute Gasteiger partial charge is 0.340 e. The van der Waals surface area contributed by atoms with Gasteiger partial charge in [-0.25, -0.2) is 4.98 Å². The highest BCUT2D eigenvalue weighted by molar-refractivity contribution is 6.31. The lowest BCUT2D eigenvalue weighted by Crippen LogP contribution is -2.48. The number of amides is 1. The van der Waals surface area contributed by atoms with Gasteiger partial charge in [0.25, 0.3) is 5.56 Å². The Hall–Kier alpha value is -2.96. The van der Waals surface area contributed by atoms with Crippen LogP contribution in [0.1, 0.15) is 31.5 Å². The quantitative estimate of drug-likeness (QED) is 0.464. The molecule has 6 nitrogen and oxygen atoms in total. The summed E-state index contributed by atoms with van der Waals surface area (Å²) in [4.78, 5) is 34.9. The zero-order valence-corrected chi connectivity index (χ0v) is 21.2. The summed E-state index contributed by atoms with van der Waals surface area (Å²) >= 11 is 6.18. The van der Waals surface area contributed by atoms with Gasteiger partial charge in [-0.15, -0.1) is 0 Å². The van der Waals surface area contributed by atoms with Crippen molar-refractivity contribution in [2.24, 2.45) is 5.92 Å². The third-order valence-electron chi connectivity index (χ3n) is 6.30. The number of benzene rings is 2. The molecular formula is C28H33ClN4O2. The Morgan fingerprint density at radius 2 is 1.83 bits per heavy atom. The van der Waals surface area contributed by atoms with Gasteiger partial charge in [-0.3, -0.25) is 14.5 Å². The van der Waals surface area contributed by atoms with Crippen molar-refractivity contribution in [2.75, 3.05) is 32.7 Å². The van der Waals surface area contributed by atoms with Gasteiger partial charge in [0.15, 0.2) is 0 Å². The average Bonchev–Trinajstić information content (AvgIpc) is 2.85. The fourth-order valence-corrected chi connectivity index (χ4v) is 4.61. The monoisotopic (exact) mass is 492 g/mol. The van der Waals surface area contributed by atoms with Crippen LogP contribution in [0.5, 0.6) is 0 Å². The van der Waals surface area contributed by atoms with Crippen LogP contribution in [-0.4, -0.2) is 58.0 Å². The average molecular weight is 493 g/mol. The molecule has 1 aliphatic rings. The third kappa shape index (κ3) is 6.59. The second-order valence-electron chi connectivity index (χ2n) is 9.50. The van der Waals surface area contributed by atoms with Gasteiger partial charge in [0.2, 0.25) is 5.91 Å². The van der Waals surface area contributed by atoms with E-state index >= 15 is 0 Å². The van der Waals surface area contributed by atoms with Crippen molar-refractivity contribution in [1.82, 2.24) is 19.4 Å². The molecule has 0 saturated carbocycles. The molecule has 1 aliphatic heterocycles. The van der Waals surface area contributed by atoms with Crippen LogP contribution in [0.4, 0.5) is 0 Å². The first-order valence-electron chi connectivity index (χ1n) is 12.3. The van der Waals surface area contributed by atoms with Gasteiger partial charge in [0.1, 0.15) is 5.69 Å². The molecule has 7 heteroatoms. The molecule has 4 rings (SSSR count). The normalized spacial score (nSPS) is 14.9. The summed E-state index contributed by atoms with van der Waals surface area (Å²) in [5, 5.41) is 0.582. The van der Waals surface area contributed by atoms with Gasteiger partial charge < -0.3 is 9.47 Å². The van der Waals surface area contributed by atoms with E-state index in [2.05, 4.69) is 48.0 Å². The number of hydrogen-bond donors (Lipinski definition) is 0. The molecule has 1 amide bonds. The molecule has 0 radical (unpaired) electrons. The second-order valence-corrected chi connectivity index (χ2v) is 9.93. The van der Waals surface area contributed by atoms with Crippen LogP contribution in [0.3, 0.4) is 0 Å². The van der Waals surface area contributed by atoms with Crippen LogP contribution in [0.2, 0.25) is 5.02 Å². The summed E-state index contributed by atoms with van der Waals surface area (Å²) in [6, 6.07) is 15.7. The molecule has 184 valence electrons. The molecule has 35 heavy (non-hydrogen) atoms. The second kappa shape index (κ2) is 11.6. The lowest BCUT2D eigenvalue weighted by atomic mass is 10.1. The standard InChI is InChI=1S/C28H33ClN4O2/c1-21(2)20-33-26-12-10-23(29)19-25(26)30-24(28(33)35)11-13-27(34)32-17-15-31(16-18-32)14-6-9-22-7-4-3-5-8-22/h3-10,12,19,21H,11,13-18,20H2,1-2H3. The van der Waals surface area contributed by atoms with E-state index in [0.717, 1.165) is 25.2 Å².